The quantitative estimate of drug-likeness (QED) is 0.301. The van der Waals surface area contributed by atoms with E-state index in [1.807, 2.05) is 47.8 Å². The van der Waals surface area contributed by atoms with E-state index in [1.165, 1.54) is 11.3 Å². The van der Waals surface area contributed by atoms with E-state index in [-0.39, 0.29) is 18.9 Å². The highest BCUT2D eigenvalue weighted by Crippen LogP contribution is 2.24. The minimum atomic E-state index is -1.07. The number of nitrogens with one attached hydrogen (secondary N) is 2. The number of benzene rings is 1. The molecule has 2 aromatic heterocycles. The summed E-state index contributed by atoms with van der Waals surface area (Å²) in [5, 5.41) is 38.7. The molecule has 2 atom stereocenters. The summed E-state index contributed by atoms with van der Waals surface area (Å²) < 4.78 is 1.63. The zero-order valence-corrected chi connectivity index (χ0v) is 18.2. The lowest BCUT2D eigenvalue weighted by molar-refractivity contribution is -0.139. The van der Waals surface area contributed by atoms with Crippen molar-refractivity contribution in [1.82, 2.24) is 30.8 Å². The number of hydrogen-bond donors (Lipinski definition) is 4. The van der Waals surface area contributed by atoms with Gasteiger partial charge < -0.3 is 20.8 Å². The fourth-order valence-corrected chi connectivity index (χ4v) is 3.95. The first-order chi connectivity index (χ1) is 15.5. The average molecular weight is 459 g/mol. The molecule has 1 unspecified atom stereocenters. The fraction of sp³-hybridized carbons (Fsp3) is 0.381. The molecule has 0 saturated carbocycles. The van der Waals surface area contributed by atoms with Crippen molar-refractivity contribution >= 4 is 23.2 Å². The van der Waals surface area contributed by atoms with Gasteiger partial charge in [-0.15, -0.1) is 16.4 Å². The zero-order valence-electron chi connectivity index (χ0n) is 17.4. The Morgan fingerprint density at radius 3 is 2.69 bits per heavy atom. The molecule has 1 aromatic carbocycles. The number of aromatic nitrogens is 4. The van der Waals surface area contributed by atoms with Crippen molar-refractivity contribution in [2.45, 2.75) is 44.5 Å². The Kier molecular flexibility index (Phi) is 8.84. The Hall–Kier alpha value is -3.15. The van der Waals surface area contributed by atoms with Crippen LogP contribution in [-0.2, 0) is 22.7 Å². The van der Waals surface area contributed by atoms with E-state index in [0.717, 1.165) is 10.4 Å². The molecule has 3 rings (SSSR count). The van der Waals surface area contributed by atoms with Crippen LogP contribution in [0.4, 0.5) is 0 Å². The lowest BCUT2D eigenvalue weighted by atomic mass is 10.2. The molecule has 0 radical (unpaired) electrons. The maximum absolute atomic E-state index is 12.2. The highest BCUT2D eigenvalue weighted by molar-refractivity contribution is 7.10. The summed E-state index contributed by atoms with van der Waals surface area (Å²) in [6, 6.07) is 13.1. The van der Waals surface area contributed by atoms with E-state index < -0.39 is 18.1 Å². The molecule has 10 nitrogen and oxygen atoms in total. The summed E-state index contributed by atoms with van der Waals surface area (Å²) in [4.78, 5) is 23.9. The maximum Gasteiger partial charge on any atom is 0.306 e. The van der Waals surface area contributed by atoms with E-state index in [9.17, 15) is 14.7 Å². The number of carboxylic acid groups (broad SMARTS) is 1. The zero-order chi connectivity index (χ0) is 22.8. The van der Waals surface area contributed by atoms with Gasteiger partial charge in [-0.2, -0.15) is 0 Å². The predicted molar refractivity (Wildman–Crippen MR) is 118 cm³/mol. The third-order valence-electron chi connectivity index (χ3n) is 4.72. The Morgan fingerprint density at radius 1 is 1.16 bits per heavy atom. The molecule has 1 amide bonds. The number of aliphatic hydroxyl groups excluding tert-OH is 1. The Bertz CT molecular complexity index is 979. The first-order valence-corrected chi connectivity index (χ1v) is 11.1. The van der Waals surface area contributed by atoms with Gasteiger partial charge in [-0.25, -0.2) is 4.68 Å². The third kappa shape index (κ3) is 7.22. The molecule has 3 aromatic rings. The normalized spacial score (nSPS) is 12.9. The number of nitrogens with zero attached hydrogens (tertiary/aromatic N) is 4. The topological polar surface area (TPSA) is 142 Å². The van der Waals surface area contributed by atoms with Gasteiger partial charge in [0.15, 0.2) is 5.82 Å². The summed E-state index contributed by atoms with van der Waals surface area (Å²) in [7, 11) is 0. The Morgan fingerprint density at radius 2 is 1.97 bits per heavy atom. The van der Waals surface area contributed by atoms with E-state index in [2.05, 4.69) is 26.2 Å². The van der Waals surface area contributed by atoms with Crippen LogP contribution in [-0.4, -0.2) is 54.9 Å². The highest BCUT2D eigenvalue weighted by Gasteiger charge is 2.23. The van der Waals surface area contributed by atoms with Gasteiger partial charge in [-0.1, -0.05) is 36.4 Å². The smallest absolute Gasteiger partial charge is 0.306 e. The number of carbonyl (C=O) groups is 2. The number of tetrazole rings is 1. The van der Waals surface area contributed by atoms with Crippen molar-refractivity contribution in [2.75, 3.05) is 6.54 Å². The first-order valence-electron chi connectivity index (χ1n) is 10.3. The summed E-state index contributed by atoms with van der Waals surface area (Å²) >= 11 is 1.50. The average Bonchev–Trinajstić information content (AvgIpc) is 3.46. The number of carboxylic acids is 1. The van der Waals surface area contributed by atoms with Crippen LogP contribution in [0.5, 0.6) is 0 Å². The second kappa shape index (κ2) is 12.0. The molecule has 0 aliphatic heterocycles. The molecule has 0 spiro atoms. The molecule has 11 heteroatoms. The number of aryl methyl sites for hydroxylation is 1. The van der Waals surface area contributed by atoms with Crippen LogP contribution in [0.15, 0.2) is 47.8 Å². The number of aliphatic hydroxyl groups is 1. The van der Waals surface area contributed by atoms with Gasteiger partial charge in [0.05, 0.1) is 12.5 Å². The van der Waals surface area contributed by atoms with E-state index in [0.29, 0.717) is 31.8 Å². The van der Waals surface area contributed by atoms with Crippen LogP contribution in [0.3, 0.4) is 0 Å². The third-order valence-corrected chi connectivity index (χ3v) is 5.66. The van der Waals surface area contributed by atoms with Gasteiger partial charge in [0, 0.05) is 30.9 Å². The van der Waals surface area contributed by atoms with Crippen molar-refractivity contribution in [2.24, 2.45) is 0 Å². The molecule has 0 aliphatic carbocycles. The number of thiophene rings is 1. The molecule has 0 fully saturated rings. The number of hydrogen-bond acceptors (Lipinski definition) is 8. The first kappa shape index (κ1) is 23.5. The second-order valence-electron chi connectivity index (χ2n) is 7.23. The summed E-state index contributed by atoms with van der Waals surface area (Å²) in [6.07, 6.45) is -0.502. The lowest BCUT2D eigenvalue weighted by Crippen LogP contribution is -2.33. The van der Waals surface area contributed by atoms with Crippen molar-refractivity contribution < 1.29 is 19.8 Å². The van der Waals surface area contributed by atoms with Crippen molar-refractivity contribution in [3.05, 3.63) is 64.1 Å². The van der Waals surface area contributed by atoms with Crippen molar-refractivity contribution in [3.63, 3.8) is 0 Å². The van der Waals surface area contributed by atoms with Gasteiger partial charge in [0.1, 0.15) is 6.04 Å². The largest absolute Gasteiger partial charge is 0.481 e. The van der Waals surface area contributed by atoms with Gasteiger partial charge in [0.25, 0.3) is 0 Å². The van der Waals surface area contributed by atoms with E-state index in [4.69, 9.17) is 5.11 Å². The number of amides is 1. The van der Waals surface area contributed by atoms with Crippen molar-refractivity contribution in [3.8, 4) is 0 Å². The summed E-state index contributed by atoms with van der Waals surface area (Å²) in [6.45, 7) is 1.00. The highest BCUT2D eigenvalue weighted by atomic mass is 32.1. The van der Waals surface area contributed by atoms with E-state index >= 15 is 0 Å². The van der Waals surface area contributed by atoms with Crippen LogP contribution in [0, 0.1) is 0 Å². The van der Waals surface area contributed by atoms with Crippen LogP contribution in [0.2, 0.25) is 0 Å². The Balaban J connectivity index is 1.55. The Labute approximate surface area is 189 Å². The second-order valence-corrected chi connectivity index (χ2v) is 8.21. The molecular formula is C21H26N6O4S. The monoisotopic (exact) mass is 458 g/mol. The minimum absolute atomic E-state index is 0.0480. The lowest BCUT2D eigenvalue weighted by Gasteiger charge is -2.19. The van der Waals surface area contributed by atoms with Gasteiger partial charge in [0.2, 0.25) is 5.91 Å². The molecule has 2 heterocycles. The summed E-state index contributed by atoms with van der Waals surface area (Å²) in [5.74, 6) is -0.574. The van der Waals surface area contributed by atoms with Gasteiger partial charge in [-0.3, -0.25) is 9.59 Å². The standard InChI is InChI=1S/C21H26N6O4S/c28-16(12-19(30)31)14-23-20(17-8-5-11-32-17)21-24-25-26-27(21)10-4-9-18(29)22-13-15-6-2-1-3-7-15/h1-3,5-8,11,16,20,23,28H,4,9-10,12-14H2,(H,22,29)(H,30,31)/t16?,20-/m0/s1. The van der Waals surface area contributed by atoms with E-state index in [1.54, 1.807) is 4.68 Å². The fourth-order valence-electron chi connectivity index (χ4n) is 3.15. The van der Waals surface area contributed by atoms with Crippen LogP contribution in [0.1, 0.15) is 41.6 Å². The van der Waals surface area contributed by atoms with Gasteiger partial charge in [-0.05, 0) is 33.9 Å². The number of carbonyl (C=O) groups excluding carboxylic acids is 1. The predicted octanol–water partition coefficient (Wildman–Crippen LogP) is 1.35. The van der Waals surface area contributed by atoms with Crippen LogP contribution < -0.4 is 10.6 Å². The number of rotatable bonds is 13. The van der Waals surface area contributed by atoms with Crippen LogP contribution in [0.25, 0.3) is 0 Å². The SMILES string of the molecule is O=C(O)CC(O)CN[C@@H](c1cccs1)c1nnnn1CCCC(=O)NCc1ccccc1. The molecule has 0 bridgehead atoms. The molecule has 32 heavy (non-hydrogen) atoms. The maximum atomic E-state index is 12.2. The molecule has 170 valence electrons. The molecule has 4 N–H and O–H groups in total. The van der Waals surface area contributed by atoms with Crippen molar-refractivity contribution in [1.29, 1.82) is 0 Å². The van der Waals surface area contributed by atoms with Gasteiger partial charge >= 0.3 is 5.97 Å². The molecule has 0 saturated heterocycles. The summed E-state index contributed by atoms with van der Waals surface area (Å²) in [5.41, 5.74) is 1.04. The number of aliphatic carboxylic acids is 1. The molecular weight excluding hydrogens is 432 g/mol. The molecule has 0 aliphatic rings. The van der Waals surface area contributed by atoms with Crippen LogP contribution >= 0.6 is 11.3 Å². The minimum Gasteiger partial charge on any atom is -0.481 e.